The summed E-state index contributed by atoms with van der Waals surface area (Å²) in [5.41, 5.74) is 1.02. The monoisotopic (exact) mass is 215 g/mol. The number of nitrogens with zero attached hydrogens (tertiary/aromatic N) is 1. The highest BCUT2D eigenvalue weighted by Gasteiger charge is 2.11. The number of oxazole rings is 1. The molecule has 1 heterocycles. The van der Waals surface area contributed by atoms with Crippen molar-refractivity contribution in [3.63, 3.8) is 0 Å². The third-order valence-corrected chi connectivity index (χ3v) is 1.91. The lowest BCUT2D eigenvalue weighted by atomic mass is 10.3. The Bertz CT molecular complexity index is 478. The van der Waals surface area contributed by atoms with Gasteiger partial charge in [0.1, 0.15) is 5.52 Å². The topological polar surface area (TPSA) is 43.1 Å². The first kappa shape index (κ1) is 8.53. The number of halogens is 2. The van der Waals surface area contributed by atoms with Crippen LogP contribution in [0.5, 0.6) is 0 Å². The molecule has 0 bridgehead atoms. The molecule has 0 aliphatic carbocycles. The van der Waals surface area contributed by atoms with Crippen LogP contribution in [-0.4, -0.2) is 10.2 Å². The van der Waals surface area contributed by atoms with Gasteiger partial charge in [0.2, 0.25) is 0 Å². The zero-order chi connectivity index (χ0) is 9.42. The minimum atomic E-state index is -0.715. The fraction of sp³-hybridized carbons (Fsp3) is 0. The maximum absolute atomic E-state index is 10.7. The van der Waals surface area contributed by atoms with E-state index in [0.717, 1.165) is 0 Å². The molecule has 0 fully saturated rings. The van der Waals surface area contributed by atoms with Crippen LogP contribution in [0.25, 0.3) is 11.1 Å². The second kappa shape index (κ2) is 3.01. The van der Waals surface area contributed by atoms with E-state index in [1.165, 1.54) is 0 Å². The van der Waals surface area contributed by atoms with E-state index in [1.807, 2.05) is 0 Å². The first-order valence-corrected chi connectivity index (χ1v) is 4.18. The van der Waals surface area contributed by atoms with Crippen molar-refractivity contribution >= 4 is 39.5 Å². The molecular formula is C8H3Cl2NO2. The summed E-state index contributed by atoms with van der Waals surface area (Å²) in [6.45, 7) is 0. The molecule has 0 N–H and O–H groups in total. The van der Waals surface area contributed by atoms with E-state index in [0.29, 0.717) is 16.1 Å². The number of carbonyl (C=O) groups excluding carboxylic acids is 1. The van der Waals surface area contributed by atoms with E-state index >= 15 is 0 Å². The number of carbonyl (C=O) groups is 1. The van der Waals surface area contributed by atoms with Gasteiger partial charge < -0.3 is 4.42 Å². The Morgan fingerprint density at radius 3 is 2.92 bits per heavy atom. The van der Waals surface area contributed by atoms with Gasteiger partial charge in [0.15, 0.2) is 5.58 Å². The van der Waals surface area contributed by atoms with Gasteiger partial charge in [-0.25, -0.2) is 4.98 Å². The molecular weight excluding hydrogens is 213 g/mol. The number of hydrogen-bond donors (Lipinski definition) is 0. The van der Waals surface area contributed by atoms with Crippen molar-refractivity contribution < 1.29 is 9.21 Å². The van der Waals surface area contributed by atoms with Gasteiger partial charge in [0.25, 0.3) is 5.89 Å². The number of benzene rings is 1. The van der Waals surface area contributed by atoms with Crippen molar-refractivity contribution in [3.8, 4) is 0 Å². The molecule has 0 radical (unpaired) electrons. The Labute approximate surface area is 83.3 Å². The Morgan fingerprint density at radius 2 is 2.23 bits per heavy atom. The second-order valence-corrected chi connectivity index (χ2v) is 3.18. The molecule has 0 amide bonds. The van der Waals surface area contributed by atoms with Crippen LogP contribution in [-0.2, 0) is 0 Å². The van der Waals surface area contributed by atoms with Crippen LogP contribution >= 0.6 is 23.2 Å². The lowest BCUT2D eigenvalue weighted by Gasteiger charge is -1.85. The number of hydrogen-bond acceptors (Lipinski definition) is 3. The summed E-state index contributed by atoms with van der Waals surface area (Å²) in [6, 6.07) is 4.88. The summed E-state index contributed by atoms with van der Waals surface area (Å²) < 4.78 is 5.03. The fourth-order valence-corrected chi connectivity index (χ4v) is 1.23. The highest BCUT2D eigenvalue weighted by molar-refractivity contribution is 6.67. The Morgan fingerprint density at radius 1 is 1.46 bits per heavy atom. The van der Waals surface area contributed by atoms with Crippen molar-refractivity contribution in [2.75, 3.05) is 0 Å². The Hall–Kier alpha value is -1.06. The molecule has 0 saturated heterocycles. The summed E-state index contributed by atoms with van der Waals surface area (Å²) in [6.07, 6.45) is 0. The molecule has 1 aromatic carbocycles. The van der Waals surface area contributed by atoms with Crippen LogP contribution in [0.1, 0.15) is 10.7 Å². The molecule has 0 aliphatic rings. The first-order chi connectivity index (χ1) is 6.16. The quantitative estimate of drug-likeness (QED) is 0.688. The van der Waals surface area contributed by atoms with Crippen LogP contribution in [0.15, 0.2) is 22.6 Å². The molecule has 0 aliphatic heterocycles. The number of aromatic nitrogens is 1. The Balaban J connectivity index is 2.68. The van der Waals surface area contributed by atoms with Gasteiger partial charge in [-0.2, -0.15) is 0 Å². The van der Waals surface area contributed by atoms with Crippen LogP contribution in [0.2, 0.25) is 5.02 Å². The predicted molar refractivity (Wildman–Crippen MR) is 49.2 cm³/mol. The fourth-order valence-electron chi connectivity index (χ4n) is 0.985. The van der Waals surface area contributed by atoms with E-state index in [9.17, 15) is 4.79 Å². The standard InChI is InChI=1S/C8H3Cl2NO2/c9-4-1-2-6-5(3-4)11-8(13-6)7(10)12/h1-3H. The number of rotatable bonds is 1. The van der Waals surface area contributed by atoms with E-state index in [1.54, 1.807) is 18.2 Å². The smallest absolute Gasteiger partial charge is 0.307 e. The lowest BCUT2D eigenvalue weighted by molar-refractivity contribution is 0.105. The Kier molecular flexibility index (Phi) is 1.98. The molecule has 13 heavy (non-hydrogen) atoms. The van der Waals surface area contributed by atoms with Crippen LogP contribution < -0.4 is 0 Å². The van der Waals surface area contributed by atoms with Gasteiger partial charge >= 0.3 is 5.24 Å². The van der Waals surface area contributed by atoms with Gasteiger partial charge in [-0.15, -0.1) is 0 Å². The first-order valence-electron chi connectivity index (χ1n) is 3.43. The lowest BCUT2D eigenvalue weighted by Crippen LogP contribution is -1.85. The summed E-state index contributed by atoms with van der Waals surface area (Å²) >= 11 is 10.9. The van der Waals surface area contributed by atoms with Crippen molar-refractivity contribution in [1.29, 1.82) is 0 Å². The van der Waals surface area contributed by atoms with Crippen molar-refractivity contribution in [2.45, 2.75) is 0 Å². The maximum Gasteiger partial charge on any atom is 0.307 e. The molecule has 3 nitrogen and oxygen atoms in total. The SMILES string of the molecule is O=C(Cl)c1nc2cc(Cl)ccc2o1. The average molecular weight is 216 g/mol. The van der Waals surface area contributed by atoms with Gasteiger partial charge in [0.05, 0.1) is 0 Å². The molecule has 2 aromatic rings. The predicted octanol–water partition coefficient (Wildman–Crippen LogP) is 2.86. The van der Waals surface area contributed by atoms with Crippen molar-refractivity contribution in [2.24, 2.45) is 0 Å². The van der Waals surface area contributed by atoms with E-state index < -0.39 is 5.24 Å². The zero-order valence-corrected chi connectivity index (χ0v) is 7.76. The minimum Gasteiger partial charge on any atom is -0.433 e. The molecule has 1 aromatic heterocycles. The van der Waals surface area contributed by atoms with Gasteiger partial charge in [-0.05, 0) is 29.8 Å². The van der Waals surface area contributed by atoms with E-state index in [4.69, 9.17) is 27.6 Å². The third kappa shape index (κ3) is 1.53. The molecule has 0 saturated carbocycles. The van der Waals surface area contributed by atoms with Gasteiger partial charge in [-0.3, -0.25) is 4.79 Å². The van der Waals surface area contributed by atoms with Crippen LogP contribution in [0.4, 0.5) is 0 Å². The summed E-state index contributed by atoms with van der Waals surface area (Å²) in [5.74, 6) is -0.112. The highest BCUT2D eigenvalue weighted by atomic mass is 35.5. The highest BCUT2D eigenvalue weighted by Crippen LogP contribution is 2.20. The summed E-state index contributed by atoms with van der Waals surface area (Å²) in [4.78, 5) is 14.5. The van der Waals surface area contributed by atoms with Gasteiger partial charge in [0, 0.05) is 5.02 Å². The minimum absolute atomic E-state index is 0.112. The largest absolute Gasteiger partial charge is 0.433 e. The molecule has 0 spiro atoms. The average Bonchev–Trinajstić information content (AvgIpc) is 2.46. The normalized spacial score (nSPS) is 10.6. The molecule has 5 heteroatoms. The third-order valence-electron chi connectivity index (χ3n) is 1.52. The van der Waals surface area contributed by atoms with Crippen LogP contribution in [0, 0.1) is 0 Å². The van der Waals surface area contributed by atoms with Crippen molar-refractivity contribution in [1.82, 2.24) is 4.98 Å². The zero-order valence-electron chi connectivity index (χ0n) is 6.25. The molecule has 0 unspecified atom stereocenters. The summed E-state index contributed by atoms with van der Waals surface area (Å²) in [7, 11) is 0. The van der Waals surface area contributed by atoms with Gasteiger partial charge in [-0.1, -0.05) is 11.6 Å². The van der Waals surface area contributed by atoms with Crippen molar-refractivity contribution in [3.05, 3.63) is 29.1 Å². The summed E-state index contributed by atoms with van der Waals surface area (Å²) in [5, 5.41) is -0.179. The second-order valence-electron chi connectivity index (χ2n) is 2.40. The van der Waals surface area contributed by atoms with E-state index in [2.05, 4.69) is 4.98 Å². The maximum atomic E-state index is 10.7. The number of fused-ring (bicyclic) bond motifs is 1. The molecule has 2 rings (SSSR count). The molecule has 0 atom stereocenters. The van der Waals surface area contributed by atoms with Crippen LogP contribution in [0.3, 0.4) is 0 Å². The van der Waals surface area contributed by atoms with E-state index in [-0.39, 0.29) is 5.89 Å². The molecule has 66 valence electrons.